The van der Waals surface area contributed by atoms with Crippen LogP contribution in [0.4, 0.5) is 27.9 Å². The van der Waals surface area contributed by atoms with Crippen molar-refractivity contribution in [2.24, 2.45) is 0 Å². The van der Waals surface area contributed by atoms with Gasteiger partial charge in [-0.2, -0.15) is 4.98 Å². The predicted molar refractivity (Wildman–Crippen MR) is 123 cm³/mol. The lowest BCUT2D eigenvalue weighted by Gasteiger charge is -2.34. The third kappa shape index (κ3) is 4.13. The number of methoxy groups -OCH3 is 1. The maximum Gasteiger partial charge on any atom is 0.281 e. The van der Waals surface area contributed by atoms with Crippen molar-refractivity contribution in [1.29, 1.82) is 0 Å². The van der Waals surface area contributed by atoms with E-state index in [1.807, 2.05) is 0 Å². The van der Waals surface area contributed by atoms with Gasteiger partial charge in [-0.15, -0.1) is 5.10 Å². The van der Waals surface area contributed by atoms with Gasteiger partial charge in [0.15, 0.2) is 5.82 Å². The average molecular weight is 523 g/mol. The summed E-state index contributed by atoms with van der Waals surface area (Å²) in [5.74, 6) is -3.66. The summed E-state index contributed by atoms with van der Waals surface area (Å²) >= 11 is 0. The molecule has 1 aromatic carbocycles. The maximum absolute atomic E-state index is 14.8. The Bertz CT molecular complexity index is 1470. The quantitative estimate of drug-likeness (QED) is 0.373. The number of anilines is 1. The van der Waals surface area contributed by atoms with E-state index >= 15 is 0 Å². The van der Waals surface area contributed by atoms with Crippen LogP contribution in [0.3, 0.4) is 0 Å². The number of nitrogens with zero attached hydrogens (tertiary/aromatic N) is 6. The van der Waals surface area contributed by atoms with Crippen LogP contribution in [0.2, 0.25) is 0 Å². The first-order chi connectivity index (χ1) is 17.7. The molecule has 0 saturated carbocycles. The number of imidazole rings is 1. The molecule has 37 heavy (non-hydrogen) atoms. The van der Waals surface area contributed by atoms with Crippen LogP contribution < -0.4 is 10.1 Å². The molecule has 2 aliphatic rings. The van der Waals surface area contributed by atoms with Gasteiger partial charge in [0.2, 0.25) is 11.8 Å². The van der Waals surface area contributed by atoms with Crippen LogP contribution in [0.5, 0.6) is 5.88 Å². The summed E-state index contributed by atoms with van der Waals surface area (Å²) in [4.78, 5) is 9.89. The van der Waals surface area contributed by atoms with Gasteiger partial charge < -0.3 is 19.4 Å². The highest BCUT2D eigenvalue weighted by Gasteiger charge is 2.51. The molecule has 9 nitrogen and oxygen atoms in total. The van der Waals surface area contributed by atoms with Gasteiger partial charge in [-0.05, 0) is 23.8 Å². The van der Waals surface area contributed by atoms with Crippen molar-refractivity contribution in [3.63, 3.8) is 0 Å². The molecule has 1 atom stereocenters. The van der Waals surface area contributed by atoms with Crippen LogP contribution in [0.25, 0.3) is 27.7 Å². The SMILES string of the molecule is COc1nc(N[C@@H]2CN(C3COC3)CC2(F)F)nn2ccc(-c3cc(F)c4ncn(CC(F)F)c4c3)c12. The van der Waals surface area contributed by atoms with Crippen LogP contribution in [0.1, 0.15) is 0 Å². The van der Waals surface area contributed by atoms with Crippen molar-refractivity contribution in [3.05, 3.63) is 36.5 Å². The number of nitrogens with one attached hydrogen (secondary N) is 1. The van der Waals surface area contributed by atoms with Crippen molar-refractivity contribution in [2.75, 3.05) is 38.7 Å². The Kier molecular flexibility index (Phi) is 5.67. The molecule has 2 saturated heterocycles. The molecule has 0 radical (unpaired) electrons. The predicted octanol–water partition coefficient (Wildman–Crippen LogP) is 3.29. The van der Waals surface area contributed by atoms with Gasteiger partial charge in [-0.25, -0.2) is 31.5 Å². The summed E-state index contributed by atoms with van der Waals surface area (Å²) in [6.07, 6.45) is 0.0880. The number of likely N-dealkylation sites (tertiary alicyclic amines) is 1. The highest BCUT2D eigenvalue weighted by atomic mass is 19.3. The summed E-state index contributed by atoms with van der Waals surface area (Å²) in [5, 5.41) is 7.06. The second-order valence-electron chi connectivity index (χ2n) is 9.16. The number of halogens is 5. The van der Waals surface area contributed by atoms with E-state index in [1.165, 1.54) is 28.6 Å². The van der Waals surface area contributed by atoms with Gasteiger partial charge in [0.25, 0.3) is 12.3 Å². The molecule has 0 unspecified atom stereocenters. The molecular formula is C23H22F5N7O2. The van der Waals surface area contributed by atoms with Crippen LogP contribution >= 0.6 is 0 Å². The van der Waals surface area contributed by atoms with Crippen molar-refractivity contribution in [1.82, 2.24) is 29.0 Å². The number of alkyl halides is 4. The first-order valence-electron chi connectivity index (χ1n) is 11.6. The van der Waals surface area contributed by atoms with Gasteiger partial charge >= 0.3 is 0 Å². The van der Waals surface area contributed by atoms with E-state index in [4.69, 9.17) is 9.47 Å². The monoisotopic (exact) mass is 523 g/mol. The number of benzene rings is 1. The Morgan fingerprint density at radius 2 is 2.08 bits per heavy atom. The molecule has 5 heterocycles. The number of aromatic nitrogens is 5. The van der Waals surface area contributed by atoms with Gasteiger partial charge in [0, 0.05) is 18.3 Å². The zero-order valence-electron chi connectivity index (χ0n) is 19.5. The average Bonchev–Trinajstić information content (AvgIpc) is 3.48. The highest BCUT2D eigenvalue weighted by Crippen LogP contribution is 2.36. The standard InChI is InChI=1S/C23H22F5N7O2/c1-36-21-20-14(12-4-15(24)19-16(5-12)34(11-29-19)7-18(25)26)2-3-35(20)32-22(31-21)30-17-6-33(10-23(17,27)28)13-8-37-9-13/h2-5,11,13,17-18H,6-10H2,1H3,(H,30,32)/t17-/m1/s1. The minimum Gasteiger partial charge on any atom is -0.479 e. The molecule has 2 fully saturated rings. The zero-order chi connectivity index (χ0) is 25.9. The van der Waals surface area contributed by atoms with E-state index in [9.17, 15) is 22.0 Å². The summed E-state index contributed by atoms with van der Waals surface area (Å²) in [5.41, 5.74) is 1.38. The second-order valence-corrected chi connectivity index (χ2v) is 9.16. The molecule has 0 aliphatic carbocycles. The van der Waals surface area contributed by atoms with Gasteiger partial charge in [0.1, 0.15) is 17.1 Å². The molecule has 4 aromatic rings. The number of hydrogen-bond donors (Lipinski definition) is 1. The lowest BCUT2D eigenvalue weighted by atomic mass is 10.1. The number of fused-ring (bicyclic) bond motifs is 2. The normalized spacial score (nSPS) is 20.2. The van der Waals surface area contributed by atoms with Gasteiger partial charge in [-0.1, -0.05) is 0 Å². The fraction of sp³-hybridized carbons (Fsp3) is 0.435. The third-order valence-electron chi connectivity index (χ3n) is 6.78. The van der Waals surface area contributed by atoms with Crippen LogP contribution in [0, 0.1) is 5.82 Å². The number of hydrogen-bond acceptors (Lipinski definition) is 7. The first kappa shape index (κ1) is 23.9. The first-order valence-corrected chi connectivity index (χ1v) is 11.6. The van der Waals surface area contributed by atoms with Crippen LogP contribution in [-0.4, -0.2) is 86.9 Å². The minimum absolute atomic E-state index is 0.0254. The molecule has 2 aliphatic heterocycles. The molecule has 0 bridgehead atoms. The molecule has 14 heteroatoms. The van der Waals surface area contributed by atoms with Crippen LogP contribution in [-0.2, 0) is 11.3 Å². The number of rotatable bonds is 7. The largest absolute Gasteiger partial charge is 0.479 e. The van der Waals surface area contributed by atoms with E-state index in [2.05, 4.69) is 20.4 Å². The van der Waals surface area contributed by atoms with E-state index in [0.717, 1.165) is 0 Å². The Morgan fingerprint density at radius 1 is 1.27 bits per heavy atom. The maximum atomic E-state index is 14.8. The van der Waals surface area contributed by atoms with Crippen molar-refractivity contribution < 1.29 is 31.4 Å². The molecule has 3 aromatic heterocycles. The lowest BCUT2D eigenvalue weighted by Crippen LogP contribution is -2.48. The minimum atomic E-state index is -3.00. The fourth-order valence-electron chi connectivity index (χ4n) is 4.83. The third-order valence-corrected chi connectivity index (χ3v) is 6.78. The van der Waals surface area contributed by atoms with E-state index in [-0.39, 0.29) is 42.0 Å². The Hall–Kier alpha value is -3.52. The van der Waals surface area contributed by atoms with Crippen molar-refractivity contribution in [3.8, 4) is 17.0 Å². The smallest absolute Gasteiger partial charge is 0.281 e. The zero-order valence-corrected chi connectivity index (χ0v) is 19.5. The Labute approximate surface area is 206 Å². The molecule has 0 spiro atoms. The molecule has 1 N–H and O–H groups in total. The summed E-state index contributed by atoms with van der Waals surface area (Å²) < 4.78 is 83.3. The van der Waals surface area contributed by atoms with Crippen LogP contribution in [0.15, 0.2) is 30.7 Å². The van der Waals surface area contributed by atoms with Crippen molar-refractivity contribution in [2.45, 2.75) is 31.0 Å². The van der Waals surface area contributed by atoms with Crippen molar-refractivity contribution >= 4 is 22.5 Å². The van der Waals surface area contributed by atoms with E-state index < -0.39 is 30.8 Å². The Balaban J connectivity index is 1.35. The molecule has 0 amide bonds. The lowest BCUT2D eigenvalue weighted by molar-refractivity contribution is -0.0711. The van der Waals surface area contributed by atoms with E-state index in [1.54, 1.807) is 23.2 Å². The summed E-state index contributed by atoms with van der Waals surface area (Å²) in [7, 11) is 1.37. The second kappa shape index (κ2) is 8.80. The number of ether oxygens (including phenoxy) is 2. The molecule has 196 valence electrons. The fourth-order valence-corrected chi connectivity index (χ4v) is 4.83. The summed E-state index contributed by atoms with van der Waals surface area (Å²) in [6.45, 7) is -0.0510. The highest BCUT2D eigenvalue weighted by molar-refractivity contribution is 5.90. The Morgan fingerprint density at radius 3 is 2.78 bits per heavy atom. The molecular weight excluding hydrogens is 501 g/mol. The van der Waals surface area contributed by atoms with E-state index in [0.29, 0.717) is 29.9 Å². The molecule has 6 rings (SSSR count). The van der Waals surface area contributed by atoms with Gasteiger partial charge in [-0.3, -0.25) is 4.90 Å². The summed E-state index contributed by atoms with van der Waals surface area (Å²) in [6, 6.07) is 3.18. The topological polar surface area (TPSA) is 81.7 Å². The van der Waals surface area contributed by atoms with Gasteiger partial charge in [0.05, 0.1) is 51.3 Å².